The minimum Gasteiger partial charge on any atom is -0.343 e. The van der Waals surface area contributed by atoms with E-state index in [1.54, 1.807) is 0 Å². The van der Waals surface area contributed by atoms with Crippen molar-refractivity contribution in [2.24, 2.45) is 5.92 Å². The lowest BCUT2D eigenvalue weighted by atomic mass is 9.87. The molecule has 0 aromatic carbocycles. The van der Waals surface area contributed by atoms with Gasteiger partial charge >= 0.3 is 0 Å². The molecule has 2 heterocycles. The van der Waals surface area contributed by atoms with E-state index in [1.807, 2.05) is 0 Å². The van der Waals surface area contributed by atoms with Gasteiger partial charge in [0.25, 0.3) is 0 Å². The summed E-state index contributed by atoms with van der Waals surface area (Å²) in [6.45, 7) is 9.71. The topological polar surface area (TPSA) is 54.2 Å². The van der Waals surface area contributed by atoms with Gasteiger partial charge in [-0.05, 0) is 25.8 Å². The Bertz CT molecular complexity index is 327. The van der Waals surface area contributed by atoms with Crippen molar-refractivity contribution in [3.05, 3.63) is 12.2 Å². The Kier molecular flexibility index (Phi) is 4.12. The molecular weight excluding hydrogens is 216 g/mol. The van der Waals surface area contributed by atoms with Crippen molar-refractivity contribution in [1.29, 1.82) is 0 Å². The van der Waals surface area contributed by atoms with Gasteiger partial charge in [-0.3, -0.25) is 4.90 Å². The first-order valence-corrected chi connectivity index (χ1v) is 6.45. The first kappa shape index (κ1) is 12.5. The van der Waals surface area contributed by atoms with Crippen molar-refractivity contribution < 1.29 is 4.52 Å². The number of nitrogens with zero attached hydrogens (tertiary/aromatic N) is 3. The molecular formula is C12H22N4O. The predicted molar refractivity (Wildman–Crippen MR) is 65.4 cm³/mol. The smallest absolute Gasteiger partial charge is 0.213 e. The maximum absolute atomic E-state index is 4.78. The molecule has 0 radical (unpaired) electrons. The average Bonchev–Trinajstić information content (AvgIpc) is 2.82. The van der Waals surface area contributed by atoms with E-state index in [1.165, 1.54) is 12.8 Å². The Balaban J connectivity index is 1.93. The van der Waals surface area contributed by atoms with Crippen LogP contribution in [0.2, 0.25) is 0 Å². The summed E-state index contributed by atoms with van der Waals surface area (Å²) >= 11 is 0. The summed E-state index contributed by atoms with van der Waals surface area (Å²) in [7, 11) is 0. The molecule has 1 aromatic heterocycles. The van der Waals surface area contributed by atoms with Crippen LogP contribution in [0.4, 0.5) is 0 Å². The summed E-state index contributed by atoms with van der Waals surface area (Å²) in [5, 5.41) is 7.45. The van der Waals surface area contributed by atoms with Gasteiger partial charge in [0, 0.05) is 18.6 Å². The van der Waals surface area contributed by atoms with E-state index < -0.39 is 0 Å². The molecule has 0 bridgehead atoms. The van der Waals surface area contributed by atoms with Crippen LogP contribution in [0.3, 0.4) is 0 Å². The SMILES string of the molecule is CCNC1CCN(Cc2ncon2)C(C)C1C. The van der Waals surface area contributed by atoms with Crippen molar-refractivity contribution >= 4 is 0 Å². The molecule has 0 amide bonds. The molecule has 0 saturated carbocycles. The number of hydrogen-bond donors (Lipinski definition) is 1. The van der Waals surface area contributed by atoms with Gasteiger partial charge in [-0.1, -0.05) is 19.0 Å². The van der Waals surface area contributed by atoms with Crippen LogP contribution in [0.1, 0.15) is 33.0 Å². The van der Waals surface area contributed by atoms with Gasteiger partial charge < -0.3 is 9.84 Å². The maximum atomic E-state index is 4.78. The number of nitrogens with one attached hydrogen (secondary N) is 1. The Morgan fingerprint density at radius 3 is 3.00 bits per heavy atom. The highest BCUT2D eigenvalue weighted by Gasteiger charge is 2.32. The highest BCUT2D eigenvalue weighted by molar-refractivity contribution is 4.90. The number of rotatable bonds is 4. The van der Waals surface area contributed by atoms with E-state index in [9.17, 15) is 0 Å². The summed E-state index contributed by atoms with van der Waals surface area (Å²) in [6, 6.07) is 1.18. The largest absolute Gasteiger partial charge is 0.343 e. The summed E-state index contributed by atoms with van der Waals surface area (Å²) in [4.78, 5) is 6.52. The molecule has 3 atom stereocenters. The van der Waals surface area contributed by atoms with E-state index in [2.05, 4.69) is 41.1 Å². The van der Waals surface area contributed by atoms with Crippen molar-refractivity contribution in [2.75, 3.05) is 13.1 Å². The lowest BCUT2D eigenvalue weighted by Gasteiger charge is -2.42. The van der Waals surface area contributed by atoms with Gasteiger partial charge in [-0.15, -0.1) is 0 Å². The number of likely N-dealkylation sites (tertiary alicyclic amines) is 1. The van der Waals surface area contributed by atoms with Crippen LogP contribution in [-0.2, 0) is 6.54 Å². The Hall–Kier alpha value is -0.940. The molecule has 5 nitrogen and oxygen atoms in total. The highest BCUT2D eigenvalue weighted by atomic mass is 16.5. The summed E-state index contributed by atoms with van der Waals surface area (Å²) in [5.41, 5.74) is 0. The average molecular weight is 238 g/mol. The van der Waals surface area contributed by atoms with Crippen molar-refractivity contribution in [2.45, 2.75) is 45.8 Å². The van der Waals surface area contributed by atoms with E-state index in [-0.39, 0.29) is 0 Å². The van der Waals surface area contributed by atoms with E-state index in [0.29, 0.717) is 18.0 Å². The normalized spacial score (nSPS) is 30.6. The van der Waals surface area contributed by atoms with E-state index in [4.69, 9.17) is 4.52 Å². The molecule has 1 aliphatic heterocycles. The van der Waals surface area contributed by atoms with Gasteiger partial charge in [-0.25, -0.2) is 0 Å². The van der Waals surface area contributed by atoms with Crippen LogP contribution < -0.4 is 5.32 Å². The number of hydrogen-bond acceptors (Lipinski definition) is 5. The second-order valence-electron chi connectivity index (χ2n) is 4.87. The van der Waals surface area contributed by atoms with Gasteiger partial charge in [0.05, 0.1) is 6.54 Å². The fourth-order valence-electron chi connectivity index (χ4n) is 2.66. The third-order valence-corrected chi connectivity index (χ3v) is 3.92. The first-order chi connectivity index (χ1) is 8.22. The third-order valence-electron chi connectivity index (χ3n) is 3.92. The van der Waals surface area contributed by atoms with Crippen molar-refractivity contribution in [3.8, 4) is 0 Å². The minimum atomic E-state index is 0.547. The van der Waals surface area contributed by atoms with Crippen LogP contribution in [0, 0.1) is 5.92 Å². The predicted octanol–water partition coefficient (Wildman–Crippen LogP) is 1.28. The standard InChI is InChI=1S/C12H22N4O/c1-4-13-11-5-6-16(10(3)9(11)2)7-12-14-8-17-15-12/h8-11,13H,4-7H2,1-3H3. The van der Waals surface area contributed by atoms with E-state index in [0.717, 1.165) is 25.5 Å². The van der Waals surface area contributed by atoms with Gasteiger partial charge in [-0.2, -0.15) is 4.98 Å². The molecule has 96 valence electrons. The van der Waals surface area contributed by atoms with E-state index >= 15 is 0 Å². The molecule has 1 saturated heterocycles. The molecule has 17 heavy (non-hydrogen) atoms. The molecule has 2 rings (SSSR count). The van der Waals surface area contributed by atoms with Crippen LogP contribution >= 0.6 is 0 Å². The summed E-state index contributed by atoms with van der Waals surface area (Å²) in [6.07, 6.45) is 2.59. The van der Waals surface area contributed by atoms with Gasteiger partial charge in [0.15, 0.2) is 5.82 Å². The fourth-order valence-corrected chi connectivity index (χ4v) is 2.66. The zero-order chi connectivity index (χ0) is 12.3. The van der Waals surface area contributed by atoms with Crippen LogP contribution in [-0.4, -0.2) is 40.2 Å². The summed E-state index contributed by atoms with van der Waals surface area (Å²) < 4.78 is 4.78. The molecule has 1 N–H and O–H groups in total. The third kappa shape index (κ3) is 2.84. The lowest BCUT2D eigenvalue weighted by molar-refractivity contribution is 0.0761. The van der Waals surface area contributed by atoms with Crippen LogP contribution in [0.15, 0.2) is 10.9 Å². The van der Waals surface area contributed by atoms with Gasteiger partial charge in [0.1, 0.15) is 0 Å². The number of aromatic nitrogens is 2. The molecule has 1 fully saturated rings. The Morgan fingerprint density at radius 1 is 1.53 bits per heavy atom. The minimum absolute atomic E-state index is 0.547. The fraction of sp³-hybridized carbons (Fsp3) is 0.833. The van der Waals surface area contributed by atoms with Crippen LogP contribution in [0.25, 0.3) is 0 Å². The monoisotopic (exact) mass is 238 g/mol. The second-order valence-corrected chi connectivity index (χ2v) is 4.87. The molecule has 0 aliphatic carbocycles. The van der Waals surface area contributed by atoms with Crippen molar-refractivity contribution in [3.63, 3.8) is 0 Å². The Morgan fingerprint density at radius 2 is 2.35 bits per heavy atom. The van der Waals surface area contributed by atoms with Crippen molar-refractivity contribution in [1.82, 2.24) is 20.4 Å². The molecule has 5 heteroatoms. The quantitative estimate of drug-likeness (QED) is 0.856. The highest BCUT2D eigenvalue weighted by Crippen LogP contribution is 2.24. The zero-order valence-corrected chi connectivity index (χ0v) is 10.9. The maximum Gasteiger partial charge on any atom is 0.213 e. The molecule has 1 aromatic rings. The van der Waals surface area contributed by atoms with Crippen LogP contribution in [0.5, 0.6) is 0 Å². The molecule has 0 spiro atoms. The lowest BCUT2D eigenvalue weighted by Crippen LogP contribution is -2.53. The molecule has 1 aliphatic rings. The summed E-state index contributed by atoms with van der Waals surface area (Å²) in [5.74, 6) is 1.43. The Labute approximate surface area is 103 Å². The first-order valence-electron chi connectivity index (χ1n) is 6.45. The van der Waals surface area contributed by atoms with Gasteiger partial charge in [0.2, 0.25) is 6.39 Å². The number of piperidine rings is 1. The zero-order valence-electron chi connectivity index (χ0n) is 10.9. The second kappa shape index (κ2) is 5.60. The molecule has 3 unspecified atom stereocenters.